The number of likely N-dealkylation sites (N-methyl/N-ethyl adjacent to an activating group) is 1. The van der Waals surface area contributed by atoms with Crippen LogP contribution in [0.2, 0.25) is 0 Å². The summed E-state index contributed by atoms with van der Waals surface area (Å²) in [5.74, 6) is 0.997. The Bertz CT molecular complexity index is 714. The molecule has 27 heavy (non-hydrogen) atoms. The van der Waals surface area contributed by atoms with E-state index in [0.29, 0.717) is 18.5 Å². The molecule has 3 amide bonds. The SMILES string of the molecule is CCOC(=O)NC(=O)CN(CC)C(=O)CSc1nnc(C2CC2)n1C1CC1. The lowest BCUT2D eigenvalue weighted by Crippen LogP contribution is -2.43. The molecule has 0 atom stereocenters. The Hall–Kier alpha value is -2.10. The molecule has 148 valence electrons. The molecule has 2 aliphatic carbocycles. The first-order valence-electron chi connectivity index (χ1n) is 9.35. The fraction of sp³-hybridized carbons (Fsp3) is 0.706. The van der Waals surface area contributed by atoms with Gasteiger partial charge in [0.2, 0.25) is 11.8 Å². The van der Waals surface area contributed by atoms with Crippen LogP contribution in [0.1, 0.15) is 57.3 Å². The maximum absolute atomic E-state index is 12.5. The molecule has 0 aliphatic heterocycles. The van der Waals surface area contributed by atoms with Crippen LogP contribution in [-0.2, 0) is 14.3 Å². The van der Waals surface area contributed by atoms with Gasteiger partial charge < -0.3 is 14.2 Å². The molecule has 0 spiro atoms. The fourth-order valence-electron chi connectivity index (χ4n) is 2.77. The first-order valence-corrected chi connectivity index (χ1v) is 10.3. The summed E-state index contributed by atoms with van der Waals surface area (Å²) in [4.78, 5) is 37.1. The summed E-state index contributed by atoms with van der Waals surface area (Å²) in [5, 5.41) is 11.5. The van der Waals surface area contributed by atoms with Crippen molar-refractivity contribution in [2.24, 2.45) is 0 Å². The largest absolute Gasteiger partial charge is 0.450 e. The second-order valence-corrected chi connectivity index (χ2v) is 7.62. The van der Waals surface area contributed by atoms with Crippen molar-refractivity contribution in [3.63, 3.8) is 0 Å². The Kier molecular flexibility index (Phi) is 6.35. The molecule has 9 nitrogen and oxygen atoms in total. The summed E-state index contributed by atoms with van der Waals surface area (Å²) in [6, 6.07) is 0.464. The number of hydrogen-bond donors (Lipinski definition) is 1. The van der Waals surface area contributed by atoms with Crippen molar-refractivity contribution in [3.05, 3.63) is 5.82 Å². The normalized spacial score (nSPS) is 16.1. The van der Waals surface area contributed by atoms with Crippen LogP contribution in [0.15, 0.2) is 5.16 Å². The van der Waals surface area contributed by atoms with Crippen LogP contribution in [0.25, 0.3) is 0 Å². The molecule has 3 rings (SSSR count). The monoisotopic (exact) mass is 395 g/mol. The Morgan fingerprint density at radius 2 is 1.96 bits per heavy atom. The van der Waals surface area contributed by atoms with Crippen molar-refractivity contribution in [2.75, 3.05) is 25.4 Å². The molecule has 2 saturated carbocycles. The van der Waals surface area contributed by atoms with Crippen molar-refractivity contribution >= 4 is 29.7 Å². The van der Waals surface area contributed by atoms with Gasteiger partial charge in [0.1, 0.15) is 12.4 Å². The molecule has 2 aliphatic rings. The lowest BCUT2D eigenvalue weighted by atomic mass is 10.4. The van der Waals surface area contributed by atoms with Crippen LogP contribution in [0.5, 0.6) is 0 Å². The highest BCUT2D eigenvalue weighted by atomic mass is 32.2. The van der Waals surface area contributed by atoms with Crippen molar-refractivity contribution in [3.8, 4) is 0 Å². The molecule has 10 heteroatoms. The number of thioether (sulfide) groups is 1. The number of carbonyl (C=O) groups is 3. The van der Waals surface area contributed by atoms with E-state index in [2.05, 4.69) is 24.8 Å². The molecule has 2 fully saturated rings. The fourth-order valence-corrected chi connectivity index (χ4v) is 3.69. The summed E-state index contributed by atoms with van der Waals surface area (Å²) in [5.41, 5.74) is 0. The van der Waals surface area contributed by atoms with Crippen molar-refractivity contribution in [1.82, 2.24) is 25.0 Å². The Balaban J connectivity index is 1.53. The zero-order chi connectivity index (χ0) is 19.4. The highest BCUT2D eigenvalue weighted by molar-refractivity contribution is 7.99. The summed E-state index contributed by atoms with van der Waals surface area (Å²) >= 11 is 1.36. The number of nitrogens with one attached hydrogen (secondary N) is 1. The number of alkyl carbamates (subject to hydrolysis) is 1. The van der Waals surface area contributed by atoms with Gasteiger partial charge in [-0.2, -0.15) is 0 Å². The van der Waals surface area contributed by atoms with Gasteiger partial charge in [0.05, 0.1) is 12.4 Å². The standard InChI is InChI=1S/C17H25N5O4S/c1-3-21(9-13(23)18-17(25)26-4-2)14(24)10-27-16-20-19-15(11-5-6-11)22(16)12-7-8-12/h11-12H,3-10H2,1-2H3,(H,18,23,25). The molecule has 0 unspecified atom stereocenters. The molecule has 1 aromatic heterocycles. The average molecular weight is 395 g/mol. The van der Waals surface area contributed by atoms with Gasteiger partial charge in [-0.1, -0.05) is 11.8 Å². The topological polar surface area (TPSA) is 106 Å². The zero-order valence-electron chi connectivity index (χ0n) is 15.6. The predicted octanol–water partition coefficient (Wildman–Crippen LogP) is 1.70. The number of rotatable bonds is 9. The van der Waals surface area contributed by atoms with E-state index in [1.54, 1.807) is 13.8 Å². The van der Waals surface area contributed by atoms with E-state index < -0.39 is 12.0 Å². The third-order valence-electron chi connectivity index (χ3n) is 4.46. The van der Waals surface area contributed by atoms with E-state index >= 15 is 0 Å². The van der Waals surface area contributed by atoms with E-state index in [4.69, 9.17) is 0 Å². The van der Waals surface area contributed by atoms with Gasteiger partial charge in [-0.3, -0.25) is 14.9 Å². The minimum atomic E-state index is -0.800. The first kappa shape index (κ1) is 19.7. The minimum Gasteiger partial charge on any atom is -0.450 e. The van der Waals surface area contributed by atoms with Crippen LogP contribution >= 0.6 is 11.8 Å². The highest BCUT2D eigenvalue weighted by Crippen LogP contribution is 2.45. The van der Waals surface area contributed by atoms with Crippen molar-refractivity contribution < 1.29 is 19.1 Å². The summed E-state index contributed by atoms with van der Waals surface area (Å²) in [6.45, 7) is 3.81. The molecule has 1 N–H and O–H groups in total. The number of amides is 3. The predicted molar refractivity (Wildman–Crippen MR) is 98.4 cm³/mol. The Labute approximate surface area is 162 Å². The van der Waals surface area contributed by atoms with Gasteiger partial charge in [0, 0.05) is 18.5 Å². The molecule has 1 aromatic rings. The molecule has 1 heterocycles. The van der Waals surface area contributed by atoms with E-state index in [1.165, 1.54) is 16.7 Å². The minimum absolute atomic E-state index is 0.177. The second-order valence-electron chi connectivity index (χ2n) is 6.68. The molecule has 0 saturated heterocycles. The lowest BCUT2D eigenvalue weighted by molar-refractivity contribution is -0.133. The van der Waals surface area contributed by atoms with Crippen LogP contribution in [0.3, 0.4) is 0 Å². The van der Waals surface area contributed by atoms with E-state index in [9.17, 15) is 14.4 Å². The molecule has 0 bridgehead atoms. The van der Waals surface area contributed by atoms with Crippen LogP contribution in [-0.4, -0.2) is 63.0 Å². The van der Waals surface area contributed by atoms with Gasteiger partial charge >= 0.3 is 6.09 Å². The van der Waals surface area contributed by atoms with Crippen molar-refractivity contribution in [2.45, 2.75) is 56.6 Å². The molecule has 0 radical (unpaired) electrons. The molecular weight excluding hydrogens is 370 g/mol. The first-order chi connectivity index (χ1) is 13.0. The summed E-state index contributed by atoms with van der Waals surface area (Å²) in [6.07, 6.45) is 3.79. The Morgan fingerprint density at radius 3 is 2.56 bits per heavy atom. The number of aromatic nitrogens is 3. The van der Waals surface area contributed by atoms with E-state index in [-0.39, 0.29) is 24.8 Å². The Morgan fingerprint density at radius 1 is 1.22 bits per heavy atom. The van der Waals surface area contributed by atoms with Crippen molar-refractivity contribution in [1.29, 1.82) is 0 Å². The van der Waals surface area contributed by atoms with Gasteiger partial charge in [-0.25, -0.2) is 4.79 Å². The van der Waals surface area contributed by atoms with Gasteiger partial charge in [-0.15, -0.1) is 10.2 Å². The number of imide groups is 1. The quantitative estimate of drug-likeness (QED) is 0.634. The number of nitrogens with zero attached hydrogens (tertiary/aromatic N) is 4. The van der Waals surface area contributed by atoms with Gasteiger partial charge in [0.25, 0.3) is 0 Å². The lowest BCUT2D eigenvalue weighted by Gasteiger charge is -2.19. The number of ether oxygens (including phenoxy) is 1. The van der Waals surface area contributed by atoms with Gasteiger partial charge in [-0.05, 0) is 39.5 Å². The number of carbonyl (C=O) groups excluding carboxylic acids is 3. The van der Waals surface area contributed by atoms with Crippen LogP contribution in [0, 0.1) is 0 Å². The summed E-state index contributed by atoms with van der Waals surface area (Å²) in [7, 11) is 0. The molecule has 0 aromatic carbocycles. The smallest absolute Gasteiger partial charge is 0.413 e. The second kappa shape index (κ2) is 8.73. The highest BCUT2D eigenvalue weighted by Gasteiger charge is 2.36. The maximum Gasteiger partial charge on any atom is 0.413 e. The van der Waals surface area contributed by atoms with Crippen LogP contribution in [0.4, 0.5) is 4.79 Å². The molecular formula is C17H25N5O4S. The van der Waals surface area contributed by atoms with Gasteiger partial charge in [0.15, 0.2) is 5.16 Å². The average Bonchev–Trinajstić information content (AvgIpc) is 3.56. The summed E-state index contributed by atoms with van der Waals surface area (Å²) < 4.78 is 6.86. The van der Waals surface area contributed by atoms with Crippen LogP contribution < -0.4 is 5.32 Å². The third-order valence-corrected chi connectivity index (χ3v) is 5.38. The van der Waals surface area contributed by atoms with E-state index in [0.717, 1.165) is 36.7 Å². The van der Waals surface area contributed by atoms with E-state index in [1.807, 2.05) is 0 Å². The number of hydrogen-bond acceptors (Lipinski definition) is 7. The maximum atomic E-state index is 12.5. The zero-order valence-corrected chi connectivity index (χ0v) is 16.5. The third kappa shape index (κ3) is 5.21.